The Morgan fingerprint density at radius 2 is 2.11 bits per heavy atom. The Kier molecular flexibility index (Phi) is 4.87. The number of hydrogen-bond acceptors (Lipinski definition) is 5. The number of thiazole rings is 1. The minimum absolute atomic E-state index is 0.102. The van der Waals surface area contributed by atoms with Gasteiger partial charge in [0.15, 0.2) is 0 Å². The molecule has 4 nitrogen and oxygen atoms in total. The lowest BCUT2D eigenvalue weighted by Crippen LogP contribution is -2.26. The Morgan fingerprint density at radius 3 is 2.61 bits per heavy atom. The van der Waals surface area contributed by atoms with Crippen molar-refractivity contribution < 1.29 is 14.3 Å². The molecule has 1 aromatic rings. The fourth-order valence-electron chi connectivity index (χ4n) is 1.25. The molecule has 1 rings (SSSR count). The first-order chi connectivity index (χ1) is 8.30. The van der Waals surface area contributed by atoms with Crippen LogP contribution in [0.1, 0.15) is 60.6 Å². The van der Waals surface area contributed by atoms with E-state index in [9.17, 15) is 4.79 Å². The Bertz CT molecular complexity index is 426. The van der Waals surface area contributed by atoms with Crippen LogP contribution in [-0.4, -0.2) is 23.7 Å². The van der Waals surface area contributed by atoms with Crippen LogP contribution in [0.15, 0.2) is 0 Å². The zero-order chi connectivity index (χ0) is 13.9. The summed E-state index contributed by atoms with van der Waals surface area (Å²) >= 11 is 1.34. The van der Waals surface area contributed by atoms with Gasteiger partial charge in [-0.3, -0.25) is 0 Å². The molecule has 0 spiro atoms. The van der Waals surface area contributed by atoms with Gasteiger partial charge in [0.05, 0.1) is 5.69 Å². The molecule has 0 amide bonds. The molecule has 0 aliphatic heterocycles. The number of ether oxygens (including phenoxy) is 2. The van der Waals surface area contributed by atoms with Crippen molar-refractivity contribution in [2.24, 2.45) is 0 Å². The summed E-state index contributed by atoms with van der Waals surface area (Å²) in [4.78, 5) is 17.0. The van der Waals surface area contributed by atoms with Gasteiger partial charge in [-0.15, -0.1) is 11.3 Å². The van der Waals surface area contributed by atoms with Crippen molar-refractivity contribution in [2.75, 3.05) is 7.11 Å². The summed E-state index contributed by atoms with van der Waals surface area (Å²) in [5, 5.41) is 0.802. The second-order valence-corrected chi connectivity index (χ2v) is 5.88. The molecule has 102 valence electrons. The molecule has 1 aromatic heterocycles. The monoisotopic (exact) mass is 271 g/mol. The highest BCUT2D eigenvalue weighted by atomic mass is 32.1. The molecule has 0 unspecified atom stereocenters. The molecule has 1 atom stereocenters. The summed E-state index contributed by atoms with van der Waals surface area (Å²) in [6.45, 7) is 9.52. The van der Waals surface area contributed by atoms with Crippen molar-refractivity contribution in [1.82, 2.24) is 4.98 Å². The summed E-state index contributed by atoms with van der Waals surface area (Å²) in [7, 11) is 1.62. The number of carbonyl (C=O) groups is 1. The molecule has 1 heterocycles. The smallest absolute Gasteiger partial charge is 0.350 e. The maximum Gasteiger partial charge on any atom is 0.350 e. The minimum Gasteiger partial charge on any atom is -0.455 e. The second kappa shape index (κ2) is 5.80. The van der Waals surface area contributed by atoms with Crippen LogP contribution in [0.5, 0.6) is 0 Å². The SMILES string of the molecule is CCC(C)(C)OC(=O)c1sc([C@H](C)OC)nc1C. The summed E-state index contributed by atoms with van der Waals surface area (Å²) in [6, 6.07) is 0. The van der Waals surface area contributed by atoms with E-state index in [-0.39, 0.29) is 12.1 Å². The van der Waals surface area contributed by atoms with Gasteiger partial charge in [-0.2, -0.15) is 0 Å². The second-order valence-electron chi connectivity index (χ2n) is 4.85. The van der Waals surface area contributed by atoms with E-state index in [1.807, 2.05) is 34.6 Å². The lowest BCUT2D eigenvalue weighted by Gasteiger charge is -2.22. The lowest BCUT2D eigenvalue weighted by atomic mass is 10.1. The number of nitrogens with zero attached hydrogens (tertiary/aromatic N) is 1. The first kappa shape index (κ1) is 15.1. The third-order valence-electron chi connectivity index (χ3n) is 2.92. The molecule has 0 N–H and O–H groups in total. The third kappa shape index (κ3) is 3.53. The summed E-state index contributed by atoms with van der Waals surface area (Å²) in [6.07, 6.45) is 0.673. The molecule has 0 saturated heterocycles. The van der Waals surface area contributed by atoms with Crippen LogP contribution in [0.25, 0.3) is 0 Å². The molecule has 0 fully saturated rings. The van der Waals surface area contributed by atoms with Gasteiger partial charge >= 0.3 is 5.97 Å². The van der Waals surface area contributed by atoms with Gasteiger partial charge in [0.2, 0.25) is 0 Å². The van der Waals surface area contributed by atoms with Gasteiger partial charge < -0.3 is 9.47 Å². The van der Waals surface area contributed by atoms with Crippen LogP contribution in [0.3, 0.4) is 0 Å². The first-order valence-electron chi connectivity index (χ1n) is 6.04. The van der Waals surface area contributed by atoms with E-state index in [0.717, 1.165) is 11.4 Å². The number of methoxy groups -OCH3 is 1. The van der Waals surface area contributed by atoms with Gasteiger partial charge in [-0.05, 0) is 34.1 Å². The van der Waals surface area contributed by atoms with Crippen molar-refractivity contribution >= 4 is 17.3 Å². The van der Waals surface area contributed by atoms with Crippen molar-refractivity contribution in [3.05, 3.63) is 15.6 Å². The van der Waals surface area contributed by atoms with Crippen LogP contribution in [-0.2, 0) is 9.47 Å². The van der Waals surface area contributed by atoms with E-state index in [4.69, 9.17) is 9.47 Å². The van der Waals surface area contributed by atoms with Crippen molar-refractivity contribution in [1.29, 1.82) is 0 Å². The normalized spacial score (nSPS) is 13.4. The fraction of sp³-hybridized carbons (Fsp3) is 0.692. The largest absolute Gasteiger partial charge is 0.455 e. The van der Waals surface area contributed by atoms with E-state index in [0.29, 0.717) is 10.6 Å². The molecular formula is C13H21NO3S. The Labute approximate surface area is 112 Å². The van der Waals surface area contributed by atoms with Gasteiger partial charge in [0.1, 0.15) is 21.6 Å². The van der Waals surface area contributed by atoms with Gasteiger partial charge in [-0.25, -0.2) is 9.78 Å². The molecule has 0 radical (unpaired) electrons. The highest BCUT2D eigenvalue weighted by Gasteiger charge is 2.25. The molecular weight excluding hydrogens is 250 g/mol. The number of aromatic nitrogens is 1. The maximum absolute atomic E-state index is 12.1. The maximum atomic E-state index is 12.1. The van der Waals surface area contributed by atoms with Crippen molar-refractivity contribution in [2.45, 2.75) is 52.7 Å². The topological polar surface area (TPSA) is 48.4 Å². The number of carbonyl (C=O) groups excluding carboxylic acids is 1. The number of rotatable bonds is 5. The average molecular weight is 271 g/mol. The molecule has 0 aliphatic carbocycles. The molecule has 0 saturated carbocycles. The van der Waals surface area contributed by atoms with Gasteiger partial charge in [-0.1, -0.05) is 6.92 Å². The van der Waals surface area contributed by atoms with Crippen LogP contribution < -0.4 is 0 Å². The molecule has 0 aromatic carbocycles. The Balaban J connectivity index is 2.90. The van der Waals surface area contributed by atoms with E-state index in [1.165, 1.54) is 11.3 Å². The van der Waals surface area contributed by atoms with Gasteiger partial charge in [0.25, 0.3) is 0 Å². The highest BCUT2D eigenvalue weighted by molar-refractivity contribution is 7.13. The summed E-state index contributed by atoms with van der Waals surface area (Å²) < 4.78 is 10.7. The predicted molar refractivity (Wildman–Crippen MR) is 72.1 cm³/mol. The standard InChI is InChI=1S/C13H21NO3S/c1-7-13(4,5)17-12(15)10-8(2)14-11(18-10)9(3)16-6/h9H,7H2,1-6H3/t9-/m0/s1. The van der Waals surface area contributed by atoms with Crippen LogP contribution in [0.2, 0.25) is 0 Å². The van der Waals surface area contributed by atoms with E-state index in [1.54, 1.807) is 7.11 Å². The van der Waals surface area contributed by atoms with E-state index in [2.05, 4.69) is 4.98 Å². The number of aryl methyl sites for hydroxylation is 1. The molecule has 18 heavy (non-hydrogen) atoms. The van der Waals surface area contributed by atoms with Crippen LogP contribution >= 0.6 is 11.3 Å². The highest BCUT2D eigenvalue weighted by Crippen LogP contribution is 2.27. The van der Waals surface area contributed by atoms with Crippen molar-refractivity contribution in [3.63, 3.8) is 0 Å². The zero-order valence-corrected chi connectivity index (χ0v) is 12.7. The fourth-order valence-corrected chi connectivity index (χ4v) is 2.22. The molecule has 0 bridgehead atoms. The average Bonchev–Trinajstić information content (AvgIpc) is 2.70. The van der Waals surface area contributed by atoms with E-state index >= 15 is 0 Å². The Morgan fingerprint density at radius 1 is 1.50 bits per heavy atom. The summed E-state index contributed by atoms with van der Waals surface area (Å²) in [5.41, 5.74) is 0.261. The minimum atomic E-state index is -0.444. The first-order valence-corrected chi connectivity index (χ1v) is 6.85. The van der Waals surface area contributed by atoms with Crippen LogP contribution in [0, 0.1) is 6.92 Å². The predicted octanol–water partition coefficient (Wildman–Crippen LogP) is 3.50. The molecule has 0 aliphatic rings. The van der Waals surface area contributed by atoms with Crippen molar-refractivity contribution in [3.8, 4) is 0 Å². The Hall–Kier alpha value is -0.940. The number of esters is 1. The lowest BCUT2D eigenvalue weighted by molar-refractivity contribution is -0.00198. The summed E-state index contributed by atoms with van der Waals surface area (Å²) in [5.74, 6) is -0.300. The number of hydrogen-bond donors (Lipinski definition) is 0. The molecule has 5 heteroatoms. The zero-order valence-electron chi connectivity index (χ0n) is 11.9. The van der Waals surface area contributed by atoms with E-state index < -0.39 is 5.60 Å². The third-order valence-corrected chi connectivity index (χ3v) is 4.22. The van der Waals surface area contributed by atoms with Crippen LogP contribution in [0.4, 0.5) is 0 Å². The quantitative estimate of drug-likeness (QED) is 0.769. The van der Waals surface area contributed by atoms with Gasteiger partial charge in [0, 0.05) is 7.11 Å².